The van der Waals surface area contributed by atoms with E-state index >= 15 is 0 Å². The van der Waals surface area contributed by atoms with Gasteiger partial charge >= 0.3 is 6.09 Å². The first-order valence-electron chi connectivity index (χ1n) is 10.0. The molecule has 172 valence electrons. The molecule has 8 nitrogen and oxygen atoms in total. The summed E-state index contributed by atoms with van der Waals surface area (Å²) in [5.74, 6) is -0.621. The van der Waals surface area contributed by atoms with Gasteiger partial charge in [0.25, 0.3) is 5.91 Å². The Bertz CT molecular complexity index is 1230. The molecule has 1 aromatic heterocycles. The van der Waals surface area contributed by atoms with E-state index in [-0.39, 0.29) is 35.4 Å². The van der Waals surface area contributed by atoms with Gasteiger partial charge in [-0.25, -0.2) is 9.18 Å². The molecule has 3 N–H and O–H groups in total. The van der Waals surface area contributed by atoms with Crippen molar-refractivity contribution in [1.82, 2.24) is 14.9 Å². The summed E-state index contributed by atoms with van der Waals surface area (Å²) in [4.78, 5) is 43.5. The van der Waals surface area contributed by atoms with Crippen molar-refractivity contribution in [2.45, 2.75) is 18.3 Å². The summed E-state index contributed by atoms with van der Waals surface area (Å²) in [5, 5.41) is 2.67. The van der Waals surface area contributed by atoms with E-state index in [9.17, 15) is 18.8 Å². The van der Waals surface area contributed by atoms with Gasteiger partial charge in [-0.15, -0.1) is 11.8 Å². The number of nitrogens with one attached hydrogen (secondary N) is 1. The molecule has 1 saturated heterocycles. The minimum atomic E-state index is -0.975. The van der Waals surface area contributed by atoms with Crippen LogP contribution in [0.2, 0.25) is 5.02 Å². The lowest BCUT2D eigenvalue weighted by Gasteiger charge is -2.23. The number of primary amides is 1. The average molecular weight is 491 g/mol. The normalized spacial score (nSPS) is 15.6. The van der Waals surface area contributed by atoms with E-state index in [4.69, 9.17) is 22.2 Å². The fourth-order valence-corrected chi connectivity index (χ4v) is 5.05. The van der Waals surface area contributed by atoms with Crippen LogP contribution in [0.5, 0.6) is 0 Å². The highest BCUT2D eigenvalue weighted by Gasteiger charge is 2.35. The molecule has 1 aliphatic rings. The molecule has 4 rings (SSSR count). The largest absolute Gasteiger partial charge is 0.429 e. The smallest absolute Gasteiger partial charge is 0.349 e. The van der Waals surface area contributed by atoms with E-state index in [0.29, 0.717) is 23.4 Å². The van der Waals surface area contributed by atoms with Gasteiger partial charge < -0.3 is 20.8 Å². The van der Waals surface area contributed by atoms with Crippen LogP contribution in [-0.4, -0.2) is 45.2 Å². The second kappa shape index (κ2) is 9.72. The van der Waals surface area contributed by atoms with Gasteiger partial charge in [-0.2, -0.15) is 4.73 Å². The number of hydrogen-bond donors (Lipinski definition) is 2. The van der Waals surface area contributed by atoms with Crippen LogP contribution in [0.25, 0.3) is 10.9 Å². The Labute approximate surface area is 197 Å². The number of thioether (sulfide) groups is 1. The van der Waals surface area contributed by atoms with Crippen molar-refractivity contribution in [2.24, 2.45) is 5.73 Å². The summed E-state index contributed by atoms with van der Waals surface area (Å²) in [6, 6.07) is 11.7. The Morgan fingerprint density at radius 3 is 2.76 bits per heavy atom. The summed E-state index contributed by atoms with van der Waals surface area (Å²) < 4.78 is 15.3. The highest BCUT2D eigenvalue weighted by molar-refractivity contribution is 8.00. The number of fused-ring (bicyclic) bond motifs is 1. The van der Waals surface area contributed by atoms with Gasteiger partial charge in [0.1, 0.15) is 5.82 Å². The second-order valence-electron chi connectivity index (χ2n) is 7.33. The molecule has 1 aliphatic heterocycles. The average Bonchev–Trinajstić information content (AvgIpc) is 3.40. The zero-order chi connectivity index (χ0) is 23.5. The van der Waals surface area contributed by atoms with Crippen molar-refractivity contribution in [3.63, 3.8) is 0 Å². The van der Waals surface area contributed by atoms with E-state index in [1.807, 2.05) is 6.07 Å². The number of halogens is 2. The van der Waals surface area contributed by atoms with E-state index < -0.39 is 17.3 Å². The summed E-state index contributed by atoms with van der Waals surface area (Å²) in [7, 11) is 0. The van der Waals surface area contributed by atoms with Crippen molar-refractivity contribution >= 4 is 52.2 Å². The SMILES string of the molecule is NC(=O)On1cc(CC(=O)N2CCS[C@H]2C(=O)NCc2cccc(Cl)c2F)c2ccccc21. The van der Waals surface area contributed by atoms with Gasteiger partial charge in [0.15, 0.2) is 5.37 Å². The maximum atomic E-state index is 14.1. The summed E-state index contributed by atoms with van der Waals surface area (Å²) in [5.41, 5.74) is 6.62. The van der Waals surface area contributed by atoms with Crippen LogP contribution in [0, 0.1) is 5.82 Å². The molecule has 1 atom stereocenters. The molecule has 11 heteroatoms. The van der Waals surface area contributed by atoms with E-state index in [2.05, 4.69) is 5.32 Å². The van der Waals surface area contributed by atoms with Crippen molar-refractivity contribution in [2.75, 3.05) is 12.3 Å². The maximum absolute atomic E-state index is 14.1. The zero-order valence-corrected chi connectivity index (χ0v) is 18.9. The van der Waals surface area contributed by atoms with Gasteiger partial charge in [-0.1, -0.05) is 41.9 Å². The number of hydrogen-bond acceptors (Lipinski definition) is 5. The standard InChI is InChI=1S/C22H20ClFN4O4S/c23-16-6-3-4-13(19(16)24)11-26-20(30)21-27(8-9-33-21)18(29)10-14-12-28(32-22(25)31)17-7-2-1-5-15(14)17/h1-7,12,21H,8-11H2,(H2,25,31)(H,26,30)/t21-/m0/s1. The molecule has 0 spiro atoms. The topological polar surface area (TPSA) is 107 Å². The van der Waals surface area contributed by atoms with Crippen molar-refractivity contribution in [1.29, 1.82) is 0 Å². The second-order valence-corrected chi connectivity index (χ2v) is 8.92. The third kappa shape index (κ3) is 4.91. The predicted octanol–water partition coefficient (Wildman–Crippen LogP) is 2.70. The molecule has 2 aromatic carbocycles. The number of rotatable bonds is 6. The fraction of sp³-hybridized carbons (Fsp3) is 0.227. The molecule has 0 saturated carbocycles. The Balaban J connectivity index is 1.46. The predicted molar refractivity (Wildman–Crippen MR) is 123 cm³/mol. The monoisotopic (exact) mass is 490 g/mol. The molecule has 3 aromatic rings. The molecular formula is C22H20ClFN4O4S. The highest BCUT2D eigenvalue weighted by atomic mass is 35.5. The number of nitrogens with zero attached hydrogens (tertiary/aromatic N) is 2. The quantitative estimate of drug-likeness (QED) is 0.552. The van der Waals surface area contributed by atoms with Crippen molar-refractivity contribution in [3.8, 4) is 0 Å². The van der Waals surface area contributed by atoms with E-state index in [0.717, 1.165) is 5.39 Å². The molecule has 0 aliphatic carbocycles. The van der Waals surface area contributed by atoms with Gasteiger partial charge in [0.05, 0.1) is 17.0 Å². The first-order valence-corrected chi connectivity index (χ1v) is 11.5. The third-order valence-corrected chi connectivity index (χ3v) is 6.71. The van der Waals surface area contributed by atoms with Gasteiger partial charge in [0.2, 0.25) is 5.91 Å². The molecular weight excluding hydrogens is 471 g/mol. The molecule has 1 fully saturated rings. The molecule has 0 unspecified atom stereocenters. The van der Waals surface area contributed by atoms with Crippen LogP contribution in [-0.2, 0) is 22.6 Å². The van der Waals surface area contributed by atoms with Crippen LogP contribution < -0.4 is 15.9 Å². The lowest BCUT2D eigenvalue weighted by atomic mass is 10.1. The minimum Gasteiger partial charge on any atom is -0.349 e. The Hall–Kier alpha value is -3.24. The minimum absolute atomic E-state index is 0.00287. The number of benzene rings is 2. The first kappa shape index (κ1) is 22.9. The van der Waals surface area contributed by atoms with Crippen LogP contribution in [0.1, 0.15) is 11.1 Å². The Morgan fingerprint density at radius 2 is 1.97 bits per heavy atom. The Morgan fingerprint density at radius 1 is 1.18 bits per heavy atom. The molecule has 0 radical (unpaired) electrons. The number of amides is 3. The van der Waals surface area contributed by atoms with Gasteiger partial charge in [-0.05, 0) is 17.7 Å². The highest BCUT2D eigenvalue weighted by Crippen LogP contribution is 2.27. The van der Waals surface area contributed by atoms with Crippen molar-refractivity contribution in [3.05, 3.63) is 70.6 Å². The molecule has 3 amide bonds. The Kier molecular flexibility index (Phi) is 6.75. The zero-order valence-electron chi connectivity index (χ0n) is 17.3. The lowest BCUT2D eigenvalue weighted by molar-refractivity contribution is -0.136. The number of carbonyl (C=O) groups excluding carboxylic acids is 3. The third-order valence-electron chi connectivity index (χ3n) is 5.21. The van der Waals surface area contributed by atoms with Gasteiger partial charge in [-0.3, -0.25) is 9.59 Å². The lowest BCUT2D eigenvalue weighted by Crippen LogP contribution is -2.45. The summed E-state index contributed by atoms with van der Waals surface area (Å²) in [6.45, 7) is 0.367. The van der Waals surface area contributed by atoms with Crippen LogP contribution in [0.15, 0.2) is 48.7 Å². The van der Waals surface area contributed by atoms with Crippen LogP contribution in [0.4, 0.5) is 9.18 Å². The number of aromatic nitrogens is 1. The van der Waals surface area contributed by atoms with Gasteiger partial charge in [0, 0.05) is 36.0 Å². The first-order chi connectivity index (χ1) is 15.8. The van der Waals surface area contributed by atoms with Crippen molar-refractivity contribution < 1.29 is 23.6 Å². The fourth-order valence-electron chi connectivity index (χ4n) is 3.69. The van der Waals surface area contributed by atoms with E-state index in [1.54, 1.807) is 24.3 Å². The summed E-state index contributed by atoms with van der Waals surface area (Å²) in [6.07, 6.45) is 0.564. The van der Waals surface area contributed by atoms with Crippen LogP contribution in [0.3, 0.4) is 0 Å². The van der Waals surface area contributed by atoms with E-state index in [1.165, 1.54) is 39.7 Å². The number of para-hydroxylation sites is 1. The molecule has 0 bridgehead atoms. The summed E-state index contributed by atoms with van der Waals surface area (Å²) >= 11 is 7.13. The number of nitrogens with two attached hydrogens (primary N) is 1. The number of carbonyl (C=O) groups is 3. The maximum Gasteiger partial charge on any atom is 0.429 e. The van der Waals surface area contributed by atoms with Crippen LogP contribution >= 0.6 is 23.4 Å². The molecule has 33 heavy (non-hydrogen) atoms. The molecule has 2 heterocycles.